The summed E-state index contributed by atoms with van der Waals surface area (Å²) >= 11 is 0. The predicted molar refractivity (Wildman–Crippen MR) is 78.9 cm³/mol. The van der Waals surface area contributed by atoms with Crippen molar-refractivity contribution in [1.29, 1.82) is 0 Å². The average molecular weight is 292 g/mol. The second-order valence-electron chi connectivity index (χ2n) is 5.65. The van der Waals surface area contributed by atoms with Gasteiger partial charge in [0.2, 0.25) is 0 Å². The fourth-order valence-electron chi connectivity index (χ4n) is 1.69. The third-order valence-electron chi connectivity index (χ3n) is 2.54. The number of hydrogen-bond acceptors (Lipinski definition) is 4. The second-order valence-corrected chi connectivity index (χ2v) is 5.65. The molecule has 5 nitrogen and oxygen atoms in total. The molecule has 0 spiro atoms. The molecule has 0 radical (unpaired) electrons. The lowest BCUT2D eigenvalue weighted by Crippen LogP contribution is -2.23. The first-order chi connectivity index (χ1) is 9.67. The Bertz CT molecular complexity index is 552. The Hall–Kier alpha value is -2.30. The van der Waals surface area contributed by atoms with Gasteiger partial charge in [0.1, 0.15) is 11.4 Å². The molecule has 0 bridgehead atoms. The zero-order chi connectivity index (χ0) is 16.0. The standard InChI is InChI=1S/C16H20O5/c1-16(2,3)21-15(20)9-5-11-4-6-12(13(17)10-11)7-8-14(18)19/h4,6-8,10,17H,5,9H2,1-3H3,(H,18,19)/b8-7+. The number of carbonyl (C=O) groups is 2. The molecule has 0 atom stereocenters. The zero-order valence-corrected chi connectivity index (χ0v) is 12.4. The number of carboxylic acid groups (broad SMARTS) is 1. The first-order valence-corrected chi connectivity index (χ1v) is 6.62. The number of rotatable bonds is 5. The van der Waals surface area contributed by atoms with Crippen molar-refractivity contribution >= 4 is 18.0 Å². The smallest absolute Gasteiger partial charge is 0.328 e. The van der Waals surface area contributed by atoms with Crippen LogP contribution in [0.1, 0.15) is 38.3 Å². The van der Waals surface area contributed by atoms with Crippen molar-refractivity contribution in [2.45, 2.75) is 39.2 Å². The molecule has 0 heterocycles. The van der Waals surface area contributed by atoms with Crippen LogP contribution in [0.25, 0.3) is 6.08 Å². The van der Waals surface area contributed by atoms with Crippen molar-refractivity contribution in [1.82, 2.24) is 0 Å². The number of aromatic hydroxyl groups is 1. The van der Waals surface area contributed by atoms with Crippen LogP contribution < -0.4 is 0 Å². The normalized spacial score (nSPS) is 11.6. The lowest BCUT2D eigenvalue weighted by molar-refractivity contribution is -0.154. The molecule has 1 aromatic rings. The van der Waals surface area contributed by atoms with Gasteiger partial charge in [-0.1, -0.05) is 12.1 Å². The summed E-state index contributed by atoms with van der Waals surface area (Å²) in [6.45, 7) is 5.42. The maximum atomic E-state index is 11.6. The monoisotopic (exact) mass is 292 g/mol. The predicted octanol–water partition coefficient (Wildman–Crippen LogP) is 2.76. The van der Waals surface area contributed by atoms with E-state index in [4.69, 9.17) is 9.84 Å². The number of aryl methyl sites for hydroxylation is 1. The number of phenolic OH excluding ortho intramolecular Hbond substituents is 1. The van der Waals surface area contributed by atoms with E-state index < -0.39 is 11.6 Å². The first-order valence-electron chi connectivity index (χ1n) is 6.62. The average Bonchev–Trinajstić information content (AvgIpc) is 2.33. The summed E-state index contributed by atoms with van der Waals surface area (Å²) < 4.78 is 5.20. The van der Waals surface area contributed by atoms with Crippen LogP contribution in [0.3, 0.4) is 0 Å². The van der Waals surface area contributed by atoms with E-state index in [0.717, 1.165) is 11.6 Å². The van der Waals surface area contributed by atoms with Crippen LogP contribution >= 0.6 is 0 Å². The molecule has 5 heteroatoms. The molecule has 114 valence electrons. The van der Waals surface area contributed by atoms with Gasteiger partial charge in [-0.3, -0.25) is 4.79 Å². The SMILES string of the molecule is CC(C)(C)OC(=O)CCc1ccc(/C=C/C(=O)O)c(O)c1. The van der Waals surface area contributed by atoms with Crippen LogP contribution in [0.5, 0.6) is 5.75 Å². The first kappa shape index (κ1) is 16.8. The molecule has 0 fully saturated rings. The maximum absolute atomic E-state index is 11.6. The third-order valence-corrected chi connectivity index (χ3v) is 2.54. The minimum absolute atomic E-state index is 0.0193. The second kappa shape index (κ2) is 6.92. The number of carbonyl (C=O) groups excluding carboxylic acids is 1. The molecule has 0 aliphatic rings. The maximum Gasteiger partial charge on any atom is 0.328 e. The largest absolute Gasteiger partial charge is 0.507 e. The number of ether oxygens (including phenoxy) is 1. The van der Waals surface area contributed by atoms with Gasteiger partial charge in [-0.05, 0) is 44.9 Å². The van der Waals surface area contributed by atoms with Crippen molar-refractivity contribution < 1.29 is 24.5 Å². The molecule has 1 aromatic carbocycles. The quantitative estimate of drug-likeness (QED) is 0.644. The van der Waals surface area contributed by atoms with Gasteiger partial charge in [0.15, 0.2) is 0 Å². The lowest BCUT2D eigenvalue weighted by atomic mass is 10.1. The van der Waals surface area contributed by atoms with E-state index in [9.17, 15) is 14.7 Å². The summed E-state index contributed by atoms with van der Waals surface area (Å²) in [7, 11) is 0. The minimum Gasteiger partial charge on any atom is -0.507 e. The summed E-state index contributed by atoms with van der Waals surface area (Å²) in [5.74, 6) is -1.39. The van der Waals surface area contributed by atoms with Gasteiger partial charge in [-0.2, -0.15) is 0 Å². The summed E-state index contributed by atoms with van der Waals surface area (Å²) in [4.78, 5) is 22.0. The molecule has 0 unspecified atom stereocenters. The Labute approximate surface area is 123 Å². The summed E-state index contributed by atoms with van der Waals surface area (Å²) in [6, 6.07) is 4.87. The van der Waals surface area contributed by atoms with E-state index in [0.29, 0.717) is 12.0 Å². The van der Waals surface area contributed by atoms with Crippen molar-refractivity contribution in [2.75, 3.05) is 0 Å². The van der Waals surface area contributed by atoms with E-state index in [2.05, 4.69) is 0 Å². The van der Waals surface area contributed by atoms with Crippen LogP contribution in [-0.4, -0.2) is 27.8 Å². The summed E-state index contributed by atoms with van der Waals surface area (Å²) in [6.07, 6.45) is 2.94. The molecule has 0 aliphatic carbocycles. The third kappa shape index (κ3) is 6.61. The molecule has 0 aliphatic heterocycles. The van der Waals surface area contributed by atoms with E-state index in [1.165, 1.54) is 12.1 Å². The van der Waals surface area contributed by atoms with Crippen molar-refractivity contribution in [2.24, 2.45) is 0 Å². The molecule has 0 saturated heterocycles. The number of phenols is 1. The fraction of sp³-hybridized carbons (Fsp3) is 0.375. The van der Waals surface area contributed by atoms with Gasteiger partial charge in [0, 0.05) is 18.1 Å². The van der Waals surface area contributed by atoms with E-state index in [-0.39, 0.29) is 18.1 Å². The summed E-state index contributed by atoms with van der Waals surface area (Å²) in [5.41, 5.74) is 0.689. The van der Waals surface area contributed by atoms with Crippen LogP contribution in [0.15, 0.2) is 24.3 Å². The Morgan fingerprint density at radius 2 is 1.95 bits per heavy atom. The topological polar surface area (TPSA) is 83.8 Å². The zero-order valence-electron chi connectivity index (χ0n) is 12.4. The summed E-state index contributed by atoms with van der Waals surface area (Å²) in [5, 5.41) is 18.3. The molecular weight excluding hydrogens is 272 g/mol. The van der Waals surface area contributed by atoms with Gasteiger partial charge >= 0.3 is 11.9 Å². The molecule has 0 amide bonds. The van der Waals surface area contributed by atoms with Crippen LogP contribution in [0.2, 0.25) is 0 Å². The highest BCUT2D eigenvalue weighted by Crippen LogP contribution is 2.21. The van der Waals surface area contributed by atoms with Gasteiger partial charge in [0.05, 0.1) is 0 Å². The van der Waals surface area contributed by atoms with Crippen molar-refractivity contribution in [3.8, 4) is 5.75 Å². The van der Waals surface area contributed by atoms with Crippen molar-refractivity contribution in [3.63, 3.8) is 0 Å². The number of esters is 1. The van der Waals surface area contributed by atoms with E-state index >= 15 is 0 Å². The highest BCUT2D eigenvalue weighted by atomic mass is 16.6. The molecule has 0 saturated carbocycles. The van der Waals surface area contributed by atoms with Crippen molar-refractivity contribution in [3.05, 3.63) is 35.4 Å². The Morgan fingerprint density at radius 1 is 1.29 bits per heavy atom. The lowest BCUT2D eigenvalue weighted by Gasteiger charge is -2.19. The van der Waals surface area contributed by atoms with E-state index in [1.54, 1.807) is 32.9 Å². The molecule has 21 heavy (non-hydrogen) atoms. The van der Waals surface area contributed by atoms with Crippen LogP contribution in [0.4, 0.5) is 0 Å². The van der Waals surface area contributed by atoms with E-state index in [1.807, 2.05) is 0 Å². The van der Waals surface area contributed by atoms with Gasteiger partial charge in [-0.15, -0.1) is 0 Å². The molecule has 0 aromatic heterocycles. The number of aliphatic carboxylic acids is 1. The van der Waals surface area contributed by atoms with Gasteiger partial charge in [0.25, 0.3) is 0 Å². The van der Waals surface area contributed by atoms with Crippen LogP contribution in [0, 0.1) is 0 Å². The fourth-order valence-corrected chi connectivity index (χ4v) is 1.69. The Morgan fingerprint density at radius 3 is 2.48 bits per heavy atom. The number of carboxylic acids is 1. The Kier molecular flexibility index (Phi) is 5.52. The molecule has 2 N–H and O–H groups in total. The minimum atomic E-state index is -1.08. The molecule has 1 rings (SSSR count). The number of hydrogen-bond donors (Lipinski definition) is 2. The highest BCUT2D eigenvalue weighted by Gasteiger charge is 2.16. The molecular formula is C16H20O5. The van der Waals surface area contributed by atoms with Gasteiger partial charge < -0.3 is 14.9 Å². The Balaban J connectivity index is 2.64. The van der Waals surface area contributed by atoms with Gasteiger partial charge in [-0.25, -0.2) is 4.79 Å². The van der Waals surface area contributed by atoms with Crippen LogP contribution in [-0.2, 0) is 20.7 Å². The number of benzene rings is 1. The highest BCUT2D eigenvalue weighted by molar-refractivity contribution is 5.85.